The highest BCUT2D eigenvalue weighted by Gasteiger charge is 2.08. The van der Waals surface area contributed by atoms with Gasteiger partial charge in [0.2, 0.25) is 0 Å². The van der Waals surface area contributed by atoms with Gasteiger partial charge in [0.25, 0.3) is 0 Å². The number of nitrogen functional groups attached to an aromatic ring is 1. The van der Waals surface area contributed by atoms with E-state index in [2.05, 4.69) is 6.26 Å². The summed E-state index contributed by atoms with van der Waals surface area (Å²) in [5.41, 5.74) is 7.58. The molecule has 0 bridgehead atoms. The minimum absolute atomic E-state index is 0.681. The molecular formula is C11H17NOS2. The van der Waals surface area contributed by atoms with Crippen LogP contribution in [0, 0.1) is 6.92 Å². The molecule has 0 heterocycles. The molecule has 1 aromatic carbocycles. The topological polar surface area (TPSA) is 43.1 Å². The third-order valence-corrected chi connectivity index (χ3v) is 4.41. The molecule has 0 aliphatic heterocycles. The molecule has 2 N–H and O–H groups in total. The van der Waals surface area contributed by atoms with Crippen LogP contribution in [-0.4, -0.2) is 22.0 Å². The largest absolute Gasteiger partial charge is 0.398 e. The molecule has 0 fully saturated rings. The van der Waals surface area contributed by atoms with Crippen molar-refractivity contribution in [3.8, 4) is 0 Å². The Hall–Kier alpha value is -0.480. The van der Waals surface area contributed by atoms with Gasteiger partial charge in [0.1, 0.15) is 0 Å². The lowest BCUT2D eigenvalue weighted by Gasteiger charge is -2.07. The first kappa shape index (κ1) is 12.6. The summed E-state index contributed by atoms with van der Waals surface area (Å²) in [4.78, 5) is 0.788. The van der Waals surface area contributed by atoms with Crippen LogP contribution in [0.25, 0.3) is 0 Å². The van der Waals surface area contributed by atoms with Crippen molar-refractivity contribution < 1.29 is 4.21 Å². The second-order valence-electron chi connectivity index (χ2n) is 3.38. The number of hydrogen-bond acceptors (Lipinski definition) is 3. The van der Waals surface area contributed by atoms with Crippen LogP contribution < -0.4 is 5.73 Å². The summed E-state index contributed by atoms with van der Waals surface area (Å²) in [6, 6.07) is 5.71. The maximum Gasteiger partial charge on any atom is 0.0620 e. The summed E-state index contributed by atoms with van der Waals surface area (Å²) in [5, 5.41) is 0. The van der Waals surface area contributed by atoms with E-state index in [1.165, 1.54) is 0 Å². The van der Waals surface area contributed by atoms with Crippen molar-refractivity contribution in [2.45, 2.75) is 18.2 Å². The Labute approximate surface area is 98.1 Å². The molecule has 0 radical (unpaired) electrons. The number of nitrogens with two attached hydrogens (primary N) is 1. The van der Waals surface area contributed by atoms with E-state index >= 15 is 0 Å². The highest BCUT2D eigenvalue weighted by Crippen LogP contribution is 2.20. The average Bonchev–Trinajstić information content (AvgIpc) is 2.22. The van der Waals surface area contributed by atoms with E-state index in [9.17, 15) is 4.21 Å². The van der Waals surface area contributed by atoms with Gasteiger partial charge in [0.05, 0.1) is 21.4 Å². The molecule has 84 valence electrons. The van der Waals surface area contributed by atoms with E-state index < -0.39 is 10.8 Å². The molecule has 4 heteroatoms. The first-order valence-corrected chi connectivity index (χ1v) is 7.60. The maximum absolute atomic E-state index is 11.9. The SMILES string of the molecule is CSCCCS(=O)c1cccc(C)c1N. The molecule has 0 spiro atoms. The minimum atomic E-state index is -0.945. The van der Waals surface area contributed by atoms with Crippen molar-refractivity contribution >= 4 is 28.2 Å². The number of anilines is 1. The standard InChI is InChI=1S/C11H17NOS2/c1-9-5-3-6-10(11(9)12)15(13)8-4-7-14-2/h3,5-6H,4,7-8,12H2,1-2H3. The lowest BCUT2D eigenvalue weighted by Crippen LogP contribution is -2.04. The van der Waals surface area contributed by atoms with Gasteiger partial charge in [-0.3, -0.25) is 4.21 Å². The van der Waals surface area contributed by atoms with Crippen molar-refractivity contribution in [3.63, 3.8) is 0 Å². The van der Waals surface area contributed by atoms with Crippen LogP contribution in [0.1, 0.15) is 12.0 Å². The molecule has 0 saturated carbocycles. The zero-order valence-corrected chi connectivity index (χ0v) is 10.8. The van der Waals surface area contributed by atoms with Crippen molar-refractivity contribution in [2.75, 3.05) is 23.5 Å². The second-order valence-corrected chi connectivity index (χ2v) is 5.91. The zero-order valence-electron chi connectivity index (χ0n) is 9.16. The van der Waals surface area contributed by atoms with E-state index in [-0.39, 0.29) is 0 Å². The van der Waals surface area contributed by atoms with Gasteiger partial charge in [-0.25, -0.2) is 0 Å². The number of aryl methyl sites for hydroxylation is 1. The van der Waals surface area contributed by atoms with Crippen LogP contribution in [0.3, 0.4) is 0 Å². The lowest BCUT2D eigenvalue weighted by atomic mass is 10.2. The molecule has 1 rings (SSSR count). The Bertz CT molecular complexity index is 352. The van der Waals surface area contributed by atoms with Gasteiger partial charge in [0, 0.05) is 5.75 Å². The van der Waals surface area contributed by atoms with E-state index in [4.69, 9.17) is 5.73 Å². The third kappa shape index (κ3) is 3.54. The van der Waals surface area contributed by atoms with E-state index in [0.29, 0.717) is 11.4 Å². The van der Waals surface area contributed by atoms with E-state index in [1.807, 2.05) is 25.1 Å². The molecule has 1 unspecified atom stereocenters. The Kier molecular flexibility index (Phi) is 5.19. The van der Waals surface area contributed by atoms with Crippen molar-refractivity contribution in [1.29, 1.82) is 0 Å². The summed E-state index contributed by atoms with van der Waals surface area (Å²) in [5.74, 6) is 1.76. The van der Waals surface area contributed by atoms with Gasteiger partial charge < -0.3 is 5.73 Å². The molecule has 15 heavy (non-hydrogen) atoms. The molecular weight excluding hydrogens is 226 g/mol. The molecule has 1 atom stereocenters. The molecule has 0 aliphatic rings. The monoisotopic (exact) mass is 243 g/mol. The Morgan fingerprint density at radius 1 is 1.47 bits per heavy atom. The van der Waals surface area contributed by atoms with Crippen LogP contribution in [0.15, 0.2) is 23.1 Å². The number of para-hydroxylation sites is 1. The summed E-state index contributed by atoms with van der Waals surface area (Å²) in [6.07, 6.45) is 3.03. The summed E-state index contributed by atoms with van der Waals surface area (Å²) in [6.45, 7) is 1.94. The van der Waals surface area contributed by atoms with Crippen molar-refractivity contribution in [3.05, 3.63) is 23.8 Å². The van der Waals surface area contributed by atoms with Crippen LogP contribution in [0.5, 0.6) is 0 Å². The molecule has 0 amide bonds. The number of hydrogen-bond donors (Lipinski definition) is 1. The van der Waals surface area contributed by atoms with Crippen LogP contribution in [0.2, 0.25) is 0 Å². The quantitative estimate of drug-likeness (QED) is 0.638. The first-order valence-electron chi connectivity index (χ1n) is 4.89. The van der Waals surface area contributed by atoms with Crippen LogP contribution in [-0.2, 0) is 10.8 Å². The first-order chi connectivity index (χ1) is 7.16. The Morgan fingerprint density at radius 3 is 2.87 bits per heavy atom. The van der Waals surface area contributed by atoms with E-state index in [0.717, 1.165) is 22.6 Å². The smallest absolute Gasteiger partial charge is 0.0620 e. The molecule has 2 nitrogen and oxygen atoms in total. The van der Waals surface area contributed by atoms with Gasteiger partial charge >= 0.3 is 0 Å². The van der Waals surface area contributed by atoms with Gasteiger partial charge in [-0.2, -0.15) is 11.8 Å². The Morgan fingerprint density at radius 2 is 2.20 bits per heavy atom. The van der Waals surface area contributed by atoms with Gasteiger partial charge in [-0.15, -0.1) is 0 Å². The average molecular weight is 243 g/mol. The predicted octanol–water partition coefficient (Wildman–Crippen LogP) is 2.44. The summed E-state index contributed by atoms with van der Waals surface area (Å²) < 4.78 is 11.9. The summed E-state index contributed by atoms with van der Waals surface area (Å²) in [7, 11) is -0.945. The Balaban J connectivity index is 2.69. The van der Waals surface area contributed by atoms with Crippen molar-refractivity contribution in [2.24, 2.45) is 0 Å². The minimum Gasteiger partial charge on any atom is -0.398 e. The number of rotatable bonds is 5. The fourth-order valence-electron chi connectivity index (χ4n) is 1.30. The van der Waals surface area contributed by atoms with Gasteiger partial charge in [-0.1, -0.05) is 12.1 Å². The molecule has 0 aromatic heterocycles. The predicted molar refractivity (Wildman–Crippen MR) is 69.9 cm³/mol. The maximum atomic E-state index is 11.9. The zero-order chi connectivity index (χ0) is 11.3. The fourth-order valence-corrected chi connectivity index (χ4v) is 3.18. The van der Waals surface area contributed by atoms with Crippen molar-refractivity contribution in [1.82, 2.24) is 0 Å². The summed E-state index contributed by atoms with van der Waals surface area (Å²) >= 11 is 1.78. The second kappa shape index (κ2) is 6.18. The van der Waals surface area contributed by atoms with Crippen LogP contribution >= 0.6 is 11.8 Å². The van der Waals surface area contributed by atoms with Gasteiger partial charge in [-0.05, 0) is 37.0 Å². The molecule has 1 aromatic rings. The number of thioether (sulfide) groups is 1. The fraction of sp³-hybridized carbons (Fsp3) is 0.455. The number of benzene rings is 1. The normalized spacial score (nSPS) is 12.7. The van der Waals surface area contributed by atoms with E-state index in [1.54, 1.807) is 11.8 Å². The van der Waals surface area contributed by atoms with Gasteiger partial charge in [0.15, 0.2) is 0 Å². The highest BCUT2D eigenvalue weighted by molar-refractivity contribution is 7.98. The highest BCUT2D eigenvalue weighted by atomic mass is 32.2. The molecule has 0 aliphatic carbocycles. The van der Waals surface area contributed by atoms with Crippen LogP contribution in [0.4, 0.5) is 5.69 Å². The third-order valence-electron chi connectivity index (χ3n) is 2.21. The lowest BCUT2D eigenvalue weighted by molar-refractivity contribution is 0.682. The molecule has 0 saturated heterocycles.